The Hall–Kier alpha value is -4.34. The Bertz CT molecular complexity index is 1700. The molecule has 6 aromatic rings. The van der Waals surface area contributed by atoms with E-state index in [1.54, 1.807) is 6.21 Å². The summed E-state index contributed by atoms with van der Waals surface area (Å²) in [6.07, 6.45) is 5.61. The van der Waals surface area contributed by atoms with E-state index in [1.807, 2.05) is 112 Å². The molecule has 0 unspecified atom stereocenters. The second-order valence-electron chi connectivity index (χ2n) is 8.52. The standard InChI is InChI=1S/C29H22BrN7S/c1-20-26(17-32-37(20)25-10-6-3-7-11-25)28-22(18-36(35-28)24-8-4-2-5-9-24)16-31-34-29-33-27(19-38-29)21-12-14-23(30)15-13-21/h2-19H,1H3,(H,33,34)/b31-16+. The predicted octanol–water partition coefficient (Wildman–Crippen LogP) is 7.37. The molecule has 9 heteroatoms. The molecule has 38 heavy (non-hydrogen) atoms. The molecule has 0 fully saturated rings. The summed E-state index contributed by atoms with van der Waals surface area (Å²) in [7, 11) is 0. The molecule has 0 atom stereocenters. The van der Waals surface area contributed by atoms with Gasteiger partial charge in [-0.2, -0.15) is 15.3 Å². The second kappa shape index (κ2) is 10.6. The van der Waals surface area contributed by atoms with E-state index in [4.69, 9.17) is 5.10 Å². The van der Waals surface area contributed by atoms with Gasteiger partial charge in [0.05, 0.1) is 35.2 Å². The summed E-state index contributed by atoms with van der Waals surface area (Å²) < 4.78 is 4.83. The third-order valence-electron chi connectivity index (χ3n) is 6.04. The van der Waals surface area contributed by atoms with Crippen LogP contribution in [0.5, 0.6) is 0 Å². The molecule has 0 saturated heterocycles. The van der Waals surface area contributed by atoms with Gasteiger partial charge < -0.3 is 0 Å². The van der Waals surface area contributed by atoms with Gasteiger partial charge in [0.15, 0.2) is 0 Å². The number of hydrogen-bond donors (Lipinski definition) is 1. The fourth-order valence-corrected chi connectivity index (χ4v) is 5.04. The lowest BCUT2D eigenvalue weighted by atomic mass is 10.1. The van der Waals surface area contributed by atoms with Crippen molar-refractivity contribution in [1.82, 2.24) is 24.5 Å². The quantitative estimate of drug-likeness (QED) is 0.158. The molecule has 0 radical (unpaired) electrons. The summed E-state index contributed by atoms with van der Waals surface area (Å²) in [6, 6.07) is 28.2. The summed E-state index contributed by atoms with van der Waals surface area (Å²) in [5, 5.41) is 16.8. The Morgan fingerprint density at radius 2 is 1.63 bits per heavy atom. The van der Waals surface area contributed by atoms with Crippen LogP contribution in [0.1, 0.15) is 11.3 Å². The van der Waals surface area contributed by atoms with E-state index in [-0.39, 0.29) is 0 Å². The molecule has 3 heterocycles. The zero-order valence-electron chi connectivity index (χ0n) is 20.4. The number of thiazole rings is 1. The highest BCUT2D eigenvalue weighted by Gasteiger charge is 2.17. The van der Waals surface area contributed by atoms with Gasteiger partial charge in [0.1, 0.15) is 5.69 Å². The number of benzene rings is 3. The summed E-state index contributed by atoms with van der Waals surface area (Å²) in [6.45, 7) is 2.05. The highest BCUT2D eigenvalue weighted by Crippen LogP contribution is 2.28. The van der Waals surface area contributed by atoms with Crippen molar-refractivity contribution in [2.24, 2.45) is 5.10 Å². The van der Waals surface area contributed by atoms with Crippen LogP contribution >= 0.6 is 27.3 Å². The Balaban J connectivity index is 1.31. The number of hydrazone groups is 1. The number of rotatable bonds is 7. The first-order chi connectivity index (χ1) is 18.7. The van der Waals surface area contributed by atoms with Gasteiger partial charge in [-0.15, -0.1) is 11.3 Å². The first-order valence-electron chi connectivity index (χ1n) is 11.9. The maximum absolute atomic E-state index is 4.92. The van der Waals surface area contributed by atoms with Gasteiger partial charge in [0.2, 0.25) is 5.13 Å². The van der Waals surface area contributed by atoms with Gasteiger partial charge in [-0.3, -0.25) is 5.43 Å². The van der Waals surface area contributed by atoms with Crippen molar-refractivity contribution >= 4 is 38.6 Å². The molecule has 0 saturated carbocycles. The SMILES string of the molecule is Cc1c(-c2nn(-c3ccccc3)cc2/C=N/Nc2nc(-c3ccc(Br)cc3)cs2)cnn1-c1ccccc1. The van der Waals surface area contributed by atoms with E-state index in [0.717, 1.165) is 49.6 Å². The van der Waals surface area contributed by atoms with Crippen LogP contribution in [0.4, 0.5) is 5.13 Å². The maximum Gasteiger partial charge on any atom is 0.203 e. The summed E-state index contributed by atoms with van der Waals surface area (Å²) in [4.78, 5) is 4.67. The summed E-state index contributed by atoms with van der Waals surface area (Å²) in [5.74, 6) is 0. The monoisotopic (exact) mass is 579 g/mol. The molecule has 186 valence electrons. The Morgan fingerprint density at radius 3 is 2.37 bits per heavy atom. The molecule has 0 amide bonds. The predicted molar refractivity (Wildman–Crippen MR) is 157 cm³/mol. The lowest BCUT2D eigenvalue weighted by Gasteiger charge is -2.05. The van der Waals surface area contributed by atoms with Gasteiger partial charge in [-0.05, 0) is 43.3 Å². The number of hydrogen-bond acceptors (Lipinski definition) is 6. The van der Waals surface area contributed by atoms with Crippen molar-refractivity contribution < 1.29 is 0 Å². The van der Waals surface area contributed by atoms with Gasteiger partial charge in [0, 0.05) is 32.7 Å². The largest absolute Gasteiger partial charge is 0.253 e. The van der Waals surface area contributed by atoms with Crippen molar-refractivity contribution in [2.75, 3.05) is 5.43 Å². The van der Waals surface area contributed by atoms with Crippen LogP contribution in [0.25, 0.3) is 33.9 Å². The number of nitrogens with zero attached hydrogens (tertiary/aromatic N) is 6. The summed E-state index contributed by atoms with van der Waals surface area (Å²) in [5.41, 5.74) is 10.6. The molecule has 7 nitrogen and oxygen atoms in total. The van der Waals surface area contributed by atoms with Gasteiger partial charge in [0.25, 0.3) is 0 Å². The lowest BCUT2D eigenvalue weighted by molar-refractivity contribution is 0.846. The average molecular weight is 581 g/mol. The minimum absolute atomic E-state index is 0.712. The van der Waals surface area contributed by atoms with E-state index in [9.17, 15) is 0 Å². The van der Waals surface area contributed by atoms with Crippen LogP contribution < -0.4 is 5.43 Å². The number of aromatic nitrogens is 5. The number of para-hydroxylation sites is 2. The van der Waals surface area contributed by atoms with E-state index in [2.05, 4.69) is 43.5 Å². The summed E-state index contributed by atoms with van der Waals surface area (Å²) >= 11 is 4.98. The molecule has 0 bridgehead atoms. The van der Waals surface area contributed by atoms with Gasteiger partial charge in [-0.1, -0.05) is 64.5 Å². The van der Waals surface area contributed by atoms with E-state index in [1.165, 1.54) is 11.3 Å². The second-order valence-corrected chi connectivity index (χ2v) is 10.3. The number of halogens is 1. The third-order valence-corrected chi connectivity index (χ3v) is 7.31. The van der Waals surface area contributed by atoms with Crippen LogP contribution in [0.3, 0.4) is 0 Å². The normalized spacial score (nSPS) is 11.3. The first-order valence-corrected chi connectivity index (χ1v) is 13.6. The van der Waals surface area contributed by atoms with Crippen molar-refractivity contribution in [3.8, 4) is 33.9 Å². The van der Waals surface area contributed by atoms with Crippen molar-refractivity contribution in [3.63, 3.8) is 0 Å². The molecule has 3 aromatic heterocycles. The molecule has 6 rings (SSSR count). The van der Waals surface area contributed by atoms with Crippen molar-refractivity contribution in [3.05, 3.63) is 118 Å². The van der Waals surface area contributed by atoms with Gasteiger partial charge in [-0.25, -0.2) is 14.3 Å². The van der Waals surface area contributed by atoms with E-state index in [0.29, 0.717) is 5.13 Å². The van der Waals surface area contributed by atoms with Crippen LogP contribution in [-0.2, 0) is 0 Å². The number of anilines is 1. The maximum atomic E-state index is 4.92. The minimum Gasteiger partial charge on any atom is -0.253 e. The molecule has 3 aromatic carbocycles. The highest BCUT2D eigenvalue weighted by atomic mass is 79.9. The lowest BCUT2D eigenvalue weighted by Crippen LogP contribution is -1.99. The molecule has 0 aliphatic rings. The van der Waals surface area contributed by atoms with E-state index >= 15 is 0 Å². The third kappa shape index (κ3) is 4.93. The molecule has 1 N–H and O–H groups in total. The van der Waals surface area contributed by atoms with E-state index < -0.39 is 0 Å². The van der Waals surface area contributed by atoms with Crippen LogP contribution in [0, 0.1) is 6.92 Å². The molecule has 0 aliphatic carbocycles. The zero-order chi connectivity index (χ0) is 25.9. The van der Waals surface area contributed by atoms with Crippen LogP contribution in [-0.4, -0.2) is 30.8 Å². The Morgan fingerprint density at radius 1 is 0.921 bits per heavy atom. The van der Waals surface area contributed by atoms with Crippen LogP contribution in [0.15, 0.2) is 112 Å². The average Bonchev–Trinajstić information content (AvgIpc) is 3.69. The fraction of sp³-hybridized carbons (Fsp3) is 0.0345. The fourth-order valence-electron chi connectivity index (χ4n) is 4.11. The minimum atomic E-state index is 0.712. The highest BCUT2D eigenvalue weighted by molar-refractivity contribution is 9.10. The zero-order valence-corrected chi connectivity index (χ0v) is 22.8. The molecule has 0 aliphatic heterocycles. The Labute approximate surface area is 232 Å². The van der Waals surface area contributed by atoms with Crippen molar-refractivity contribution in [1.29, 1.82) is 0 Å². The molecular formula is C29H22BrN7S. The Kier molecular flexibility index (Phi) is 6.68. The van der Waals surface area contributed by atoms with Crippen LogP contribution in [0.2, 0.25) is 0 Å². The van der Waals surface area contributed by atoms with Gasteiger partial charge >= 0.3 is 0 Å². The first kappa shape index (κ1) is 24.0. The topological polar surface area (TPSA) is 72.9 Å². The van der Waals surface area contributed by atoms with Crippen molar-refractivity contribution in [2.45, 2.75) is 6.92 Å². The smallest absolute Gasteiger partial charge is 0.203 e. The molecular weight excluding hydrogens is 558 g/mol. The molecule has 0 spiro atoms. The number of nitrogens with one attached hydrogen (secondary N) is 1.